The second kappa shape index (κ2) is 10.00. The van der Waals surface area contributed by atoms with Gasteiger partial charge in [-0.25, -0.2) is 0 Å². The molecule has 0 unspecified atom stereocenters. The minimum absolute atomic E-state index is 0.000869. The lowest BCUT2D eigenvalue weighted by Gasteiger charge is -2.48. The largest absolute Gasteiger partial charge is 0.394 e. The predicted molar refractivity (Wildman–Crippen MR) is 117 cm³/mol. The molecule has 7 nitrogen and oxygen atoms in total. The molecule has 0 aliphatic carbocycles. The smallest absolute Gasteiger partial charge is 0.371 e. The highest BCUT2D eigenvalue weighted by atomic mass is 31.2. The van der Waals surface area contributed by atoms with E-state index in [0.29, 0.717) is 0 Å². The summed E-state index contributed by atoms with van der Waals surface area (Å²) in [7, 11) is -11.0. The topological polar surface area (TPSA) is 88.1 Å². The average molecular weight is 459 g/mol. The Bertz CT molecular complexity index is 612. The molecule has 0 aromatic heterocycles. The zero-order valence-corrected chi connectivity index (χ0v) is 22.2. The highest BCUT2D eigenvalue weighted by Gasteiger charge is 2.71. The van der Waals surface area contributed by atoms with Crippen molar-refractivity contribution < 1.29 is 31.9 Å². The van der Waals surface area contributed by atoms with E-state index in [4.69, 9.17) is 18.0 Å². The van der Waals surface area contributed by atoms with Crippen LogP contribution in [0.15, 0.2) is 0 Å². The Labute approximate surface area is 172 Å². The SMILES string of the molecule is CCOP(=O)(OCC)[C@](O[Si](C)(C)C)(C(C)C)[P@](=O)(OCC)C(=O)C(C)(C)C. The van der Waals surface area contributed by atoms with E-state index in [2.05, 4.69) is 0 Å². The van der Waals surface area contributed by atoms with Crippen LogP contribution >= 0.6 is 15.0 Å². The normalized spacial score (nSPS) is 18.0. The van der Waals surface area contributed by atoms with Crippen LogP contribution in [0.2, 0.25) is 19.6 Å². The Hall–Kier alpha value is 0.187. The molecule has 0 N–H and O–H groups in total. The van der Waals surface area contributed by atoms with E-state index >= 15 is 0 Å². The van der Waals surface area contributed by atoms with Crippen LogP contribution in [0.1, 0.15) is 55.4 Å². The number of carbonyl (C=O) groups excluding carboxylic acids is 1. The molecule has 0 heterocycles. The van der Waals surface area contributed by atoms with Gasteiger partial charge in [0.1, 0.15) is 0 Å². The summed E-state index contributed by atoms with van der Waals surface area (Å²) in [6, 6.07) is 0. The molecule has 0 aromatic carbocycles. The number of hydrogen-bond acceptors (Lipinski definition) is 7. The lowest BCUT2D eigenvalue weighted by atomic mass is 9.99. The molecule has 0 aliphatic heterocycles. The van der Waals surface area contributed by atoms with Crippen molar-refractivity contribution in [3.8, 4) is 0 Å². The molecule has 28 heavy (non-hydrogen) atoms. The van der Waals surface area contributed by atoms with Gasteiger partial charge in [-0.3, -0.25) is 13.9 Å². The Morgan fingerprint density at radius 1 is 0.893 bits per heavy atom. The Morgan fingerprint density at radius 3 is 1.54 bits per heavy atom. The fraction of sp³-hybridized carbons (Fsp3) is 0.944. The van der Waals surface area contributed by atoms with Gasteiger partial charge in [-0.15, -0.1) is 0 Å². The lowest BCUT2D eigenvalue weighted by Crippen LogP contribution is -2.50. The van der Waals surface area contributed by atoms with Crippen LogP contribution in [-0.4, -0.2) is 38.7 Å². The first-order chi connectivity index (χ1) is 12.5. The van der Waals surface area contributed by atoms with Crippen LogP contribution in [0.4, 0.5) is 0 Å². The maximum atomic E-state index is 14.5. The Kier molecular flexibility index (Phi) is 10.1. The molecule has 0 bridgehead atoms. The van der Waals surface area contributed by atoms with E-state index in [9.17, 15) is 13.9 Å². The van der Waals surface area contributed by atoms with Gasteiger partial charge in [0.05, 0.1) is 19.8 Å². The fourth-order valence-electron chi connectivity index (χ4n) is 2.98. The molecule has 0 spiro atoms. The number of carbonyl (C=O) groups is 1. The van der Waals surface area contributed by atoms with Crippen molar-refractivity contribution in [2.24, 2.45) is 11.3 Å². The molecule has 0 saturated heterocycles. The molecular weight excluding hydrogens is 418 g/mol. The molecule has 2 atom stereocenters. The van der Waals surface area contributed by atoms with Crippen molar-refractivity contribution in [1.29, 1.82) is 0 Å². The first-order valence-corrected chi connectivity index (χ1v) is 16.5. The second-order valence-electron chi connectivity index (χ2n) is 8.89. The van der Waals surface area contributed by atoms with Crippen LogP contribution in [0, 0.1) is 11.3 Å². The average Bonchev–Trinajstić information content (AvgIpc) is 2.50. The first-order valence-electron chi connectivity index (χ1n) is 9.88. The first kappa shape index (κ1) is 28.2. The van der Waals surface area contributed by atoms with Crippen LogP contribution in [0.3, 0.4) is 0 Å². The van der Waals surface area contributed by atoms with Crippen molar-refractivity contribution in [3.05, 3.63) is 0 Å². The molecule has 10 heteroatoms. The molecule has 168 valence electrons. The van der Waals surface area contributed by atoms with Crippen molar-refractivity contribution in [2.75, 3.05) is 19.8 Å². The summed E-state index contributed by atoms with van der Waals surface area (Å²) in [5.74, 6) is -0.633. The third-order valence-corrected chi connectivity index (χ3v) is 12.5. The zero-order chi connectivity index (χ0) is 22.6. The predicted octanol–water partition coefficient (Wildman–Crippen LogP) is 6.30. The minimum atomic E-state index is -4.35. The second-order valence-corrected chi connectivity index (χ2v) is 18.3. The third-order valence-electron chi connectivity index (χ3n) is 3.84. The monoisotopic (exact) mass is 458 g/mol. The van der Waals surface area contributed by atoms with Gasteiger partial charge in [-0.05, 0) is 40.4 Å². The van der Waals surface area contributed by atoms with Gasteiger partial charge in [-0.2, -0.15) is 0 Å². The van der Waals surface area contributed by atoms with E-state index in [0.717, 1.165) is 0 Å². The molecule has 0 rings (SSSR count). The highest BCUT2D eigenvalue weighted by molar-refractivity contribution is 7.86. The van der Waals surface area contributed by atoms with Gasteiger partial charge in [0.25, 0.3) is 0 Å². The van der Waals surface area contributed by atoms with Gasteiger partial charge < -0.3 is 18.0 Å². The van der Waals surface area contributed by atoms with Crippen LogP contribution in [-0.2, 0) is 31.9 Å². The molecule has 0 aliphatic rings. The van der Waals surface area contributed by atoms with E-state index in [1.54, 1.807) is 55.4 Å². The summed E-state index contributed by atoms with van der Waals surface area (Å²) in [6.45, 7) is 19.1. The van der Waals surface area contributed by atoms with E-state index in [-0.39, 0.29) is 19.8 Å². The summed E-state index contributed by atoms with van der Waals surface area (Å²) in [5, 5.41) is -2.02. The maximum absolute atomic E-state index is 14.5. The summed E-state index contributed by atoms with van der Waals surface area (Å²) >= 11 is 0. The van der Waals surface area contributed by atoms with Gasteiger partial charge in [0.15, 0.2) is 8.32 Å². The molecule has 0 fully saturated rings. The van der Waals surface area contributed by atoms with Crippen LogP contribution < -0.4 is 0 Å². The Morgan fingerprint density at radius 2 is 1.29 bits per heavy atom. The van der Waals surface area contributed by atoms with E-state index in [1.165, 1.54) is 0 Å². The summed E-state index contributed by atoms with van der Waals surface area (Å²) in [5.41, 5.74) is -1.63. The highest BCUT2D eigenvalue weighted by Crippen LogP contribution is 2.81. The van der Waals surface area contributed by atoms with Crippen molar-refractivity contribution >= 4 is 28.8 Å². The molecule has 0 saturated carbocycles. The van der Waals surface area contributed by atoms with Crippen molar-refractivity contribution in [3.63, 3.8) is 0 Å². The minimum Gasteiger partial charge on any atom is -0.394 e. The van der Waals surface area contributed by atoms with Crippen LogP contribution in [0.5, 0.6) is 0 Å². The maximum Gasteiger partial charge on any atom is 0.371 e. The summed E-state index contributed by atoms with van der Waals surface area (Å²) in [4.78, 5) is 13.5. The number of rotatable bonds is 12. The van der Waals surface area contributed by atoms with Crippen molar-refractivity contribution in [2.45, 2.75) is 80.1 Å². The Balaban J connectivity index is 7.34. The summed E-state index contributed by atoms with van der Waals surface area (Å²) in [6.07, 6.45) is 0. The van der Waals surface area contributed by atoms with Gasteiger partial charge in [0, 0.05) is 11.3 Å². The lowest BCUT2D eigenvalue weighted by molar-refractivity contribution is -0.120. The third kappa shape index (κ3) is 5.66. The van der Waals surface area contributed by atoms with E-state index < -0.39 is 45.2 Å². The quantitative estimate of drug-likeness (QED) is 0.250. The molecule has 0 aromatic rings. The molecule has 0 radical (unpaired) electrons. The zero-order valence-electron chi connectivity index (χ0n) is 19.5. The van der Waals surface area contributed by atoms with Crippen molar-refractivity contribution in [1.82, 2.24) is 0 Å². The molecule has 0 amide bonds. The fourth-order valence-corrected chi connectivity index (χ4v) is 13.1. The van der Waals surface area contributed by atoms with E-state index in [1.807, 2.05) is 19.6 Å². The van der Waals surface area contributed by atoms with Gasteiger partial charge in [-0.1, -0.05) is 34.6 Å². The molecular formula is C18H40O7P2Si. The van der Waals surface area contributed by atoms with Gasteiger partial charge in [0.2, 0.25) is 10.6 Å². The van der Waals surface area contributed by atoms with Crippen LogP contribution in [0.25, 0.3) is 0 Å². The summed E-state index contributed by atoms with van der Waals surface area (Å²) < 4.78 is 52.0. The standard InChI is InChI=1S/C18H40O7P2Si/c1-12-22-26(20,16(19)17(6,7)8)18(15(4)5,25-28(9,10)11)27(21,23-13-2)24-14-3/h15H,12-14H2,1-11H3/t18-,26+/m0/s1. The number of hydrogen-bond donors (Lipinski definition) is 0. The van der Waals surface area contributed by atoms with Gasteiger partial charge >= 0.3 is 15.0 Å².